The Morgan fingerprint density at radius 2 is 1.10 bits per heavy atom. The Morgan fingerprint density at radius 1 is 0.700 bits per heavy atom. The minimum atomic E-state index is -0.651. The summed E-state index contributed by atoms with van der Waals surface area (Å²) < 4.78 is 0. The Labute approximate surface area is 57.0 Å². The molecule has 1 aliphatic rings. The molecule has 0 unspecified atom stereocenters. The van der Waals surface area contributed by atoms with Crippen LogP contribution in [0.25, 0.3) is 0 Å². The van der Waals surface area contributed by atoms with Gasteiger partial charge in [-0.15, -0.1) is 0 Å². The fourth-order valence-electron chi connectivity index (χ4n) is 0.535. The Bertz CT molecular complexity index is 232. The highest BCUT2D eigenvalue weighted by atomic mass is 16.2. The fourth-order valence-corrected chi connectivity index (χ4v) is 0.535. The lowest BCUT2D eigenvalue weighted by atomic mass is 10.2. The lowest BCUT2D eigenvalue weighted by molar-refractivity contribution is -0.130. The maximum absolute atomic E-state index is 10.5. The predicted octanol–water partition coefficient (Wildman–Crippen LogP) is -0.180. The van der Waals surface area contributed by atoms with E-state index in [1.54, 1.807) is 0 Å². The van der Waals surface area contributed by atoms with Crippen molar-refractivity contribution in [1.29, 1.82) is 0 Å². The van der Waals surface area contributed by atoms with Gasteiger partial charge in [0.1, 0.15) is 0 Å². The van der Waals surface area contributed by atoms with Crippen molar-refractivity contribution in [2.24, 2.45) is 0 Å². The van der Waals surface area contributed by atoms with Crippen molar-refractivity contribution >= 4 is 17.3 Å². The molecule has 0 saturated heterocycles. The molecule has 0 fully saturated rings. The van der Waals surface area contributed by atoms with Crippen molar-refractivity contribution in [3.63, 3.8) is 0 Å². The molecule has 0 spiro atoms. The van der Waals surface area contributed by atoms with E-state index >= 15 is 0 Å². The first kappa shape index (κ1) is 6.61. The Hall–Kier alpha value is -1.51. The molecule has 1 aliphatic carbocycles. The summed E-state index contributed by atoms with van der Waals surface area (Å²) in [5.74, 6) is -1.64. The van der Waals surface area contributed by atoms with Gasteiger partial charge in [0.25, 0.3) is 0 Å². The summed E-state index contributed by atoms with van der Waals surface area (Å²) in [5.41, 5.74) is 0. The summed E-state index contributed by atoms with van der Waals surface area (Å²) in [6, 6.07) is 0. The number of carbonyl (C=O) groups is 3. The zero-order chi connectivity index (χ0) is 7.56. The van der Waals surface area contributed by atoms with E-state index in [0.717, 1.165) is 24.3 Å². The molecule has 0 aromatic heterocycles. The van der Waals surface area contributed by atoms with Crippen LogP contribution in [0.4, 0.5) is 0 Å². The van der Waals surface area contributed by atoms with Crippen molar-refractivity contribution < 1.29 is 14.4 Å². The molecule has 0 aromatic carbocycles. The van der Waals surface area contributed by atoms with Gasteiger partial charge in [-0.1, -0.05) is 0 Å². The smallest absolute Gasteiger partial charge is 0.225 e. The molecule has 0 amide bonds. The van der Waals surface area contributed by atoms with Gasteiger partial charge in [-0.3, -0.25) is 14.4 Å². The van der Waals surface area contributed by atoms with Crippen molar-refractivity contribution in [2.45, 2.75) is 0 Å². The van der Waals surface area contributed by atoms with E-state index in [-0.39, 0.29) is 5.78 Å². The fraction of sp³-hybridized carbons (Fsp3) is 0. The minimum Gasteiger partial charge on any atom is -0.290 e. The van der Waals surface area contributed by atoms with Crippen molar-refractivity contribution in [3.05, 3.63) is 24.3 Å². The summed E-state index contributed by atoms with van der Waals surface area (Å²) in [6.07, 6.45) is 4.10. The van der Waals surface area contributed by atoms with Crippen molar-refractivity contribution in [3.8, 4) is 0 Å². The minimum absolute atomic E-state index is 0.334. The van der Waals surface area contributed by atoms with Crippen LogP contribution >= 0.6 is 0 Å². The number of rotatable bonds is 0. The van der Waals surface area contributed by atoms with Gasteiger partial charge in [-0.25, -0.2) is 0 Å². The van der Waals surface area contributed by atoms with Gasteiger partial charge in [0.15, 0.2) is 5.78 Å². The Balaban J connectivity index is 3.01. The van der Waals surface area contributed by atoms with Crippen LogP contribution in [-0.2, 0) is 14.4 Å². The SMILES string of the molecule is O=C1C=CC(=O)C(=O)C=C1. The molecule has 3 heteroatoms. The number of allylic oxidation sites excluding steroid dienone is 4. The Morgan fingerprint density at radius 3 is 1.50 bits per heavy atom. The van der Waals surface area contributed by atoms with Crippen LogP contribution in [0.2, 0.25) is 0 Å². The van der Waals surface area contributed by atoms with E-state index in [0.29, 0.717) is 0 Å². The molecule has 10 heavy (non-hydrogen) atoms. The monoisotopic (exact) mass is 136 g/mol. The standard InChI is InChI=1S/C7H4O3/c8-5-1-3-6(9)7(10)4-2-5/h1-4H. The Kier molecular flexibility index (Phi) is 1.58. The molecule has 1 rings (SSSR count). The molecule has 0 atom stereocenters. The molecule has 0 saturated carbocycles. The maximum atomic E-state index is 10.5. The second-order valence-corrected chi connectivity index (χ2v) is 1.80. The van der Waals surface area contributed by atoms with Crippen LogP contribution < -0.4 is 0 Å². The topological polar surface area (TPSA) is 51.2 Å². The van der Waals surface area contributed by atoms with Crippen molar-refractivity contribution in [2.75, 3.05) is 0 Å². The van der Waals surface area contributed by atoms with E-state index in [1.165, 1.54) is 0 Å². The molecule has 0 N–H and O–H groups in total. The summed E-state index contributed by atoms with van der Waals surface area (Å²) in [4.78, 5) is 31.5. The molecule has 0 aliphatic heterocycles. The molecular formula is C7H4O3. The largest absolute Gasteiger partial charge is 0.290 e. The first-order chi connectivity index (χ1) is 4.70. The first-order valence-electron chi connectivity index (χ1n) is 2.68. The molecule has 3 nitrogen and oxygen atoms in total. The van der Waals surface area contributed by atoms with Crippen LogP contribution in [0.3, 0.4) is 0 Å². The quantitative estimate of drug-likeness (QED) is 0.434. The molecule has 0 radical (unpaired) electrons. The summed E-state index contributed by atoms with van der Waals surface area (Å²) >= 11 is 0. The van der Waals surface area contributed by atoms with Gasteiger partial charge in [-0.2, -0.15) is 0 Å². The third kappa shape index (κ3) is 1.25. The van der Waals surface area contributed by atoms with E-state index < -0.39 is 11.6 Å². The zero-order valence-corrected chi connectivity index (χ0v) is 5.03. The molecule has 50 valence electrons. The summed E-state index contributed by atoms with van der Waals surface area (Å²) in [6.45, 7) is 0. The van der Waals surface area contributed by atoms with E-state index in [1.807, 2.05) is 0 Å². The highest BCUT2D eigenvalue weighted by molar-refractivity contribution is 6.47. The highest BCUT2D eigenvalue weighted by Crippen LogP contribution is 1.91. The van der Waals surface area contributed by atoms with Crippen LogP contribution in [0.1, 0.15) is 0 Å². The normalized spacial score (nSPS) is 17.8. The van der Waals surface area contributed by atoms with E-state index in [2.05, 4.69) is 0 Å². The van der Waals surface area contributed by atoms with E-state index in [9.17, 15) is 14.4 Å². The number of hydrogen-bond acceptors (Lipinski definition) is 3. The molecule has 0 heterocycles. The lowest BCUT2D eigenvalue weighted by Crippen LogP contribution is -2.05. The summed E-state index contributed by atoms with van der Waals surface area (Å²) in [5, 5.41) is 0. The van der Waals surface area contributed by atoms with Gasteiger partial charge < -0.3 is 0 Å². The third-order valence-corrected chi connectivity index (χ3v) is 1.04. The molecule has 0 aromatic rings. The van der Waals surface area contributed by atoms with Gasteiger partial charge in [-0.05, 0) is 24.3 Å². The predicted molar refractivity (Wildman–Crippen MR) is 33.3 cm³/mol. The van der Waals surface area contributed by atoms with Gasteiger partial charge >= 0.3 is 0 Å². The maximum Gasteiger partial charge on any atom is 0.225 e. The van der Waals surface area contributed by atoms with E-state index in [4.69, 9.17) is 0 Å². The van der Waals surface area contributed by atoms with Gasteiger partial charge in [0.2, 0.25) is 11.6 Å². The highest BCUT2D eigenvalue weighted by Gasteiger charge is 2.09. The average Bonchev–Trinajstić information content (AvgIpc) is 2.04. The number of carbonyl (C=O) groups excluding carboxylic acids is 3. The number of hydrogen-bond donors (Lipinski definition) is 0. The van der Waals surface area contributed by atoms with Gasteiger partial charge in [0, 0.05) is 0 Å². The van der Waals surface area contributed by atoms with Crippen LogP contribution in [0.15, 0.2) is 24.3 Å². The van der Waals surface area contributed by atoms with Gasteiger partial charge in [0.05, 0.1) is 0 Å². The average molecular weight is 136 g/mol. The van der Waals surface area contributed by atoms with Crippen LogP contribution in [-0.4, -0.2) is 17.3 Å². The van der Waals surface area contributed by atoms with Crippen LogP contribution in [0, 0.1) is 0 Å². The zero-order valence-electron chi connectivity index (χ0n) is 5.03. The first-order valence-corrected chi connectivity index (χ1v) is 2.68. The second kappa shape index (κ2) is 2.39. The lowest BCUT2D eigenvalue weighted by Gasteiger charge is -1.78. The third-order valence-electron chi connectivity index (χ3n) is 1.04. The molecule has 0 bridgehead atoms. The van der Waals surface area contributed by atoms with Crippen molar-refractivity contribution in [1.82, 2.24) is 0 Å². The number of ketones is 3. The summed E-state index contributed by atoms with van der Waals surface area (Å²) in [7, 11) is 0. The second-order valence-electron chi connectivity index (χ2n) is 1.80. The van der Waals surface area contributed by atoms with Crippen LogP contribution in [0.5, 0.6) is 0 Å². The molecular weight excluding hydrogens is 132 g/mol.